The number of likely N-dealkylation sites (tertiary alicyclic amines) is 1. The van der Waals surface area contributed by atoms with Crippen molar-refractivity contribution in [1.29, 1.82) is 0 Å². The molecular weight excluding hydrogens is 346 g/mol. The lowest BCUT2D eigenvalue weighted by Crippen LogP contribution is -2.37. The Bertz CT molecular complexity index is 898. The number of carbonyl (C=O) groups excluding carboxylic acids is 1. The molecule has 3 aromatic rings. The number of piperidine rings is 1. The summed E-state index contributed by atoms with van der Waals surface area (Å²) >= 11 is 0. The van der Waals surface area contributed by atoms with Crippen LogP contribution in [0.2, 0.25) is 0 Å². The van der Waals surface area contributed by atoms with E-state index >= 15 is 0 Å². The molecular formula is C19H21N5O3. The second-order valence-corrected chi connectivity index (χ2v) is 6.57. The lowest BCUT2D eigenvalue weighted by Gasteiger charge is -2.31. The number of nitrogens with two attached hydrogens (primary N) is 1. The minimum Gasteiger partial charge on any atom is -0.490 e. The molecule has 4 heterocycles. The number of hydrogen-bond acceptors (Lipinski definition) is 6. The summed E-state index contributed by atoms with van der Waals surface area (Å²) in [6.45, 7) is 2.60. The van der Waals surface area contributed by atoms with Gasteiger partial charge in [0, 0.05) is 31.5 Å². The van der Waals surface area contributed by atoms with Crippen LogP contribution in [-0.4, -0.2) is 45.2 Å². The summed E-state index contributed by atoms with van der Waals surface area (Å²) in [5.74, 6) is 1.80. The van der Waals surface area contributed by atoms with Crippen molar-refractivity contribution in [3.63, 3.8) is 0 Å². The predicted molar refractivity (Wildman–Crippen MR) is 98.0 cm³/mol. The third-order valence-corrected chi connectivity index (χ3v) is 4.63. The van der Waals surface area contributed by atoms with Crippen LogP contribution < -0.4 is 10.5 Å². The number of pyridine rings is 1. The lowest BCUT2D eigenvalue weighted by molar-refractivity contribution is 0.0922. The molecule has 0 spiro atoms. The van der Waals surface area contributed by atoms with Crippen molar-refractivity contribution in [3.8, 4) is 17.2 Å². The first-order valence-corrected chi connectivity index (χ1v) is 8.91. The molecule has 0 aromatic carbocycles. The van der Waals surface area contributed by atoms with Crippen LogP contribution in [-0.2, 0) is 6.54 Å². The van der Waals surface area contributed by atoms with Crippen molar-refractivity contribution < 1.29 is 13.9 Å². The van der Waals surface area contributed by atoms with Gasteiger partial charge >= 0.3 is 0 Å². The zero-order chi connectivity index (χ0) is 18.6. The van der Waals surface area contributed by atoms with Gasteiger partial charge in [0.05, 0.1) is 6.54 Å². The molecule has 0 unspecified atom stereocenters. The summed E-state index contributed by atoms with van der Waals surface area (Å²) in [6.07, 6.45) is 5.17. The van der Waals surface area contributed by atoms with Gasteiger partial charge in [-0.3, -0.25) is 19.8 Å². The normalized spacial score (nSPS) is 15.7. The number of aromatic amines is 1. The van der Waals surface area contributed by atoms with E-state index in [9.17, 15) is 4.79 Å². The maximum Gasteiger partial charge on any atom is 0.267 e. The Balaban J connectivity index is 1.29. The highest BCUT2D eigenvalue weighted by Gasteiger charge is 2.22. The fourth-order valence-corrected chi connectivity index (χ4v) is 3.22. The first-order chi connectivity index (χ1) is 13.2. The number of H-pyrrole nitrogens is 1. The van der Waals surface area contributed by atoms with Gasteiger partial charge in [-0.05, 0) is 37.1 Å². The summed E-state index contributed by atoms with van der Waals surface area (Å²) < 4.78 is 11.9. The van der Waals surface area contributed by atoms with E-state index in [0.29, 0.717) is 5.75 Å². The van der Waals surface area contributed by atoms with Crippen molar-refractivity contribution in [3.05, 3.63) is 54.2 Å². The van der Waals surface area contributed by atoms with Crippen LogP contribution in [0.25, 0.3) is 11.5 Å². The van der Waals surface area contributed by atoms with E-state index in [2.05, 4.69) is 20.1 Å². The number of furan rings is 1. The number of amides is 1. The first kappa shape index (κ1) is 17.3. The molecule has 1 fully saturated rings. The van der Waals surface area contributed by atoms with Crippen LogP contribution in [0.4, 0.5) is 0 Å². The molecule has 0 atom stereocenters. The van der Waals surface area contributed by atoms with Crippen molar-refractivity contribution >= 4 is 5.91 Å². The molecule has 1 aliphatic rings. The molecule has 1 amide bonds. The Morgan fingerprint density at radius 2 is 2.11 bits per heavy atom. The van der Waals surface area contributed by atoms with Crippen molar-refractivity contribution in [2.45, 2.75) is 25.5 Å². The van der Waals surface area contributed by atoms with Gasteiger partial charge in [-0.1, -0.05) is 0 Å². The van der Waals surface area contributed by atoms with E-state index in [1.165, 1.54) is 0 Å². The van der Waals surface area contributed by atoms with Gasteiger partial charge in [0.2, 0.25) is 0 Å². The standard InChI is InChI=1S/C19H21N5O3/c20-19(25)17-11-14(3-7-21-17)26-13-5-9-24(10-6-13)12-15-1-2-18(27-15)16-4-8-22-23-16/h1-4,7-8,11,13H,5-6,9-10,12H2,(H2,20,25)(H,22,23). The van der Waals surface area contributed by atoms with E-state index < -0.39 is 5.91 Å². The minimum atomic E-state index is -0.553. The van der Waals surface area contributed by atoms with Crippen molar-refractivity contribution in [1.82, 2.24) is 20.1 Å². The Morgan fingerprint density at radius 1 is 1.26 bits per heavy atom. The van der Waals surface area contributed by atoms with Gasteiger partial charge in [-0.15, -0.1) is 0 Å². The molecule has 0 radical (unpaired) electrons. The molecule has 1 aliphatic heterocycles. The molecule has 140 valence electrons. The second-order valence-electron chi connectivity index (χ2n) is 6.57. The minimum absolute atomic E-state index is 0.113. The Kier molecular flexibility index (Phi) is 4.88. The van der Waals surface area contributed by atoms with Crippen LogP contribution in [0.15, 0.2) is 47.1 Å². The van der Waals surface area contributed by atoms with E-state index in [-0.39, 0.29) is 11.8 Å². The Morgan fingerprint density at radius 3 is 2.85 bits per heavy atom. The van der Waals surface area contributed by atoms with E-state index in [1.807, 2.05) is 18.2 Å². The Labute approximate surface area is 156 Å². The molecule has 4 rings (SSSR count). The van der Waals surface area contributed by atoms with E-state index in [4.69, 9.17) is 14.9 Å². The third kappa shape index (κ3) is 4.17. The molecule has 8 nitrogen and oxygen atoms in total. The van der Waals surface area contributed by atoms with Gasteiger partial charge in [-0.2, -0.15) is 5.10 Å². The predicted octanol–water partition coefficient (Wildman–Crippen LogP) is 2.21. The monoisotopic (exact) mass is 367 g/mol. The highest BCUT2D eigenvalue weighted by molar-refractivity contribution is 5.91. The second kappa shape index (κ2) is 7.63. The smallest absolute Gasteiger partial charge is 0.267 e. The van der Waals surface area contributed by atoms with Gasteiger partial charge in [0.25, 0.3) is 5.91 Å². The zero-order valence-electron chi connectivity index (χ0n) is 14.8. The highest BCUT2D eigenvalue weighted by Crippen LogP contribution is 2.23. The van der Waals surface area contributed by atoms with Crippen LogP contribution in [0, 0.1) is 0 Å². The van der Waals surface area contributed by atoms with E-state index in [1.54, 1.807) is 24.5 Å². The number of aromatic nitrogens is 3. The Hall–Kier alpha value is -3.13. The fourth-order valence-electron chi connectivity index (χ4n) is 3.22. The number of carbonyl (C=O) groups is 1. The van der Waals surface area contributed by atoms with Crippen LogP contribution in [0.5, 0.6) is 5.75 Å². The maximum absolute atomic E-state index is 11.2. The number of nitrogens with one attached hydrogen (secondary N) is 1. The van der Waals surface area contributed by atoms with Gasteiger partial charge in [-0.25, -0.2) is 0 Å². The quantitative estimate of drug-likeness (QED) is 0.691. The number of rotatable bonds is 6. The summed E-state index contributed by atoms with van der Waals surface area (Å²) in [5, 5.41) is 6.85. The zero-order valence-corrected chi connectivity index (χ0v) is 14.8. The largest absolute Gasteiger partial charge is 0.490 e. The first-order valence-electron chi connectivity index (χ1n) is 8.91. The maximum atomic E-state index is 11.2. The molecule has 0 saturated carbocycles. The topological polar surface area (TPSA) is 110 Å². The molecule has 1 saturated heterocycles. The fraction of sp³-hybridized carbons (Fsp3) is 0.316. The lowest BCUT2D eigenvalue weighted by atomic mass is 10.1. The summed E-state index contributed by atoms with van der Waals surface area (Å²) in [7, 11) is 0. The molecule has 0 aliphatic carbocycles. The van der Waals surface area contributed by atoms with Gasteiger partial charge in [0.15, 0.2) is 5.76 Å². The summed E-state index contributed by atoms with van der Waals surface area (Å²) in [5.41, 5.74) is 6.36. The van der Waals surface area contributed by atoms with Crippen molar-refractivity contribution in [2.24, 2.45) is 5.73 Å². The number of hydrogen-bond donors (Lipinski definition) is 2. The van der Waals surface area contributed by atoms with E-state index in [0.717, 1.165) is 49.7 Å². The summed E-state index contributed by atoms with van der Waals surface area (Å²) in [4.78, 5) is 17.5. The van der Waals surface area contributed by atoms with Gasteiger partial charge in [0.1, 0.15) is 29.0 Å². The van der Waals surface area contributed by atoms with Crippen LogP contribution >= 0.6 is 0 Å². The van der Waals surface area contributed by atoms with Gasteiger partial charge < -0.3 is 14.9 Å². The van der Waals surface area contributed by atoms with Crippen LogP contribution in [0.3, 0.4) is 0 Å². The van der Waals surface area contributed by atoms with Crippen molar-refractivity contribution in [2.75, 3.05) is 13.1 Å². The average molecular weight is 367 g/mol. The number of primary amides is 1. The molecule has 3 N–H and O–H groups in total. The average Bonchev–Trinajstić information content (AvgIpc) is 3.35. The molecule has 8 heteroatoms. The molecule has 0 bridgehead atoms. The third-order valence-electron chi connectivity index (χ3n) is 4.63. The highest BCUT2D eigenvalue weighted by atomic mass is 16.5. The number of ether oxygens (including phenoxy) is 1. The SMILES string of the molecule is NC(=O)c1cc(OC2CCN(Cc3ccc(-c4ccn[nH]4)o3)CC2)ccn1. The molecule has 27 heavy (non-hydrogen) atoms. The number of nitrogens with zero attached hydrogens (tertiary/aromatic N) is 3. The van der Waals surface area contributed by atoms with Crippen LogP contribution in [0.1, 0.15) is 29.1 Å². The molecule has 3 aromatic heterocycles. The summed E-state index contributed by atoms with van der Waals surface area (Å²) in [6, 6.07) is 9.18.